The van der Waals surface area contributed by atoms with Crippen molar-refractivity contribution in [1.29, 1.82) is 0 Å². The van der Waals surface area contributed by atoms with E-state index in [1.807, 2.05) is 0 Å². The number of hydrogen-bond acceptors (Lipinski definition) is 2. The molecule has 0 spiro atoms. The zero-order valence-electron chi connectivity index (χ0n) is 11.7. The fourth-order valence-corrected chi connectivity index (χ4v) is 3.09. The fourth-order valence-electron chi connectivity index (χ4n) is 2.74. The third-order valence-electron chi connectivity index (χ3n) is 3.74. The molecule has 3 nitrogen and oxygen atoms in total. The molecule has 3 rings (SSSR count). The van der Waals surface area contributed by atoms with Crippen LogP contribution in [0.15, 0.2) is 22.7 Å². The molecule has 0 unspecified atom stereocenters. The van der Waals surface area contributed by atoms with Gasteiger partial charge in [0, 0.05) is 10.5 Å². The molecule has 2 aromatic rings. The highest BCUT2D eigenvalue weighted by atomic mass is 79.9. The number of halogens is 1. The summed E-state index contributed by atoms with van der Waals surface area (Å²) in [5.41, 5.74) is 2.25. The van der Waals surface area contributed by atoms with Gasteiger partial charge in [0.1, 0.15) is 5.82 Å². The van der Waals surface area contributed by atoms with Crippen LogP contribution in [0.25, 0.3) is 11.0 Å². The van der Waals surface area contributed by atoms with Gasteiger partial charge in [-0.15, -0.1) is 0 Å². The predicted molar refractivity (Wildman–Crippen MR) is 82.4 cm³/mol. The molecule has 1 fully saturated rings. The van der Waals surface area contributed by atoms with E-state index in [4.69, 9.17) is 4.98 Å². The van der Waals surface area contributed by atoms with Crippen LogP contribution in [0, 0.1) is 0 Å². The van der Waals surface area contributed by atoms with Crippen LogP contribution in [-0.2, 0) is 5.54 Å². The summed E-state index contributed by atoms with van der Waals surface area (Å²) in [6.07, 6.45) is 2.55. The number of nitrogens with zero attached hydrogens (tertiary/aromatic N) is 2. The Morgan fingerprint density at radius 3 is 2.79 bits per heavy atom. The molecule has 0 amide bonds. The first kappa shape index (κ1) is 13.1. The van der Waals surface area contributed by atoms with Crippen LogP contribution in [0.5, 0.6) is 0 Å². The van der Waals surface area contributed by atoms with Crippen LogP contribution in [0.4, 0.5) is 0 Å². The lowest BCUT2D eigenvalue weighted by atomic mass is 10.0. The summed E-state index contributed by atoms with van der Waals surface area (Å²) in [6, 6.07) is 7.03. The maximum atomic E-state index is 4.90. The van der Waals surface area contributed by atoms with Crippen molar-refractivity contribution in [3.05, 3.63) is 28.5 Å². The SMILES string of the molecule is CCNC(C)(C)c1nc2cc(Br)ccc2n1C1CC1. The Morgan fingerprint density at radius 2 is 2.16 bits per heavy atom. The quantitative estimate of drug-likeness (QED) is 0.923. The largest absolute Gasteiger partial charge is 0.323 e. The van der Waals surface area contributed by atoms with E-state index in [9.17, 15) is 0 Å². The van der Waals surface area contributed by atoms with Gasteiger partial charge in [-0.25, -0.2) is 4.98 Å². The lowest BCUT2D eigenvalue weighted by Gasteiger charge is -2.26. The van der Waals surface area contributed by atoms with Gasteiger partial charge in [-0.05, 0) is 51.4 Å². The molecule has 1 aromatic heterocycles. The molecule has 1 aliphatic rings. The average molecular weight is 322 g/mol. The second-order valence-electron chi connectivity index (χ2n) is 5.82. The topological polar surface area (TPSA) is 29.9 Å². The van der Waals surface area contributed by atoms with E-state index >= 15 is 0 Å². The van der Waals surface area contributed by atoms with Crippen molar-refractivity contribution in [3.8, 4) is 0 Å². The number of hydrogen-bond donors (Lipinski definition) is 1. The lowest BCUT2D eigenvalue weighted by molar-refractivity contribution is 0.376. The Hall–Kier alpha value is -0.870. The molecule has 102 valence electrons. The Bertz CT molecular complexity index is 611. The van der Waals surface area contributed by atoms with Gasteiger partial charge < -0.3 is 9.88 Å². The summed E-state index contributed by atoms with van der Waals surface area (Å²) in [6.45, 7) is 7.52. The highest BCUT2D eigenvalue weighted by Gasteiger charge is 2.34. The first-order valence-corrected chi connectivity index (χ1v) is 7.75. The maximum absolute atomic E-state index is 4.90. The fraction of sp³-hybridized carbons (Fsp3) is 0.533. The monoisotopic (exact) mass is 321 g/mol. The van der Waals surface area contributed by atoms with Crippen molar-refractivity contribution >= 4 is 27.0 Å². The first-order valence-electron chi connectivity index (χ1n) is 6.96. The van der Waals surface area contributed by atoms with Gasteiger partial charge >= 0.3 is 0 Å². The van der Waals surface area contributed by atoms with Gasteiger partial charge in [0.25, 0.3) is 0 Å². The van der Waals surface area contributed by atoms with Gasteiger partial charge in [-0.2, -0.15) is 0 Å². The van der Waals surface area contributed by atoms with Crippen molar-refractivity contribution in [3.63, 3.8) is 0 Å². The summed E-state index contributed by atoms with van der Waals surface area (Å²) in [4.78, 5) is 4.90. The first-order chi connectivity index (χ1) is 9.03. The summed E-state index contributed by atoms with van der Waals surface area (Å²) < 4.78 is 3.53. The van der Waals surface area contributed by atoms with Crippen LogP contribution < -0.4 is 5.32 Å². The van der Waals surface area contributed by atoms with Gasteiger partial charge in [0.05, 0.1) is 16.6 Å². The smallest absolute Gasteiger partial charge is 0.129 e. The molecule has 1 N–H and O–H groups in total. The lowest BCUT2D eigenvalue weighted by Crippen LogP contribution is -2.38. The number of rotatable bonds is 4. The van der Waals surface area contributed by atoms with Crippen molar-refractivity contribution in [2.45, 2.75) is 45.2 Å². The summed E-state index contributed by atoms with van der Waals surface area (Å²) in [5, 5.41) is 3.54. The van der Waals surface area contributed by atoms with Gasteiger partial charge in [0.2, 0.25) is 0 Å². The zero-order valence-corrected chi connectivity index (χ0v) is 13.3. The average Bonchev–Trinajstić information content (AvgIpc) is 3.09. The maximum Gasteiger partial charge on any atom is 0.129 e. The number of aromatic nitrogens is 2. The molecule has 0 saturated heterocycles. The van der Waals surface area contributed by atoms with E-state index < -0.39 is 0 Å². The predicted octanol–water partition coefficient (Wildman–Crippen LogP) is 3.98. The van der Waals surface area contributed by atoms with E-state index in [0.29, 0.717) is 6.04 Å². The van der Waals surface area contributed by atoms with Crippen LogP contribution in [-0.4, -0.2) is 16.1 Å². The third kappa shape index (κ3) is 2.32. The third-order valence-corrected chi connectivity index (χ3v) is 4.23. The van der Waals surface area contributed by atoms with Gasteiger partial charge in [-0.1, -0.05) is 22.9 Å². The Kier molecular flexibility index (Phi) is 3.18. The Labute approximate surface area is 122 Å². The van der Waals surface area contributed by atoms with Crippen LogP contribution in [0.2, 0.25) is 0 Å². The molecule has 1 heterocycles. The van der Waals surface area contributed by atoms with Crippen molar-refractivity contribution in [2.24, 2.45) is 0 Å². The molecule has 19 heavy (non-hydrogen) atoms. The second kappa shape index (κ2) is 4.60. The molecular formula is C15H20BrN3. The Balaban J connectivity index is 2.20. The van der Waals surface area contributed by atoms with E-state index in [-0.39, 0.29) is 5.54 Å². The van der Waals surface area contributed by atoms with E-state index in [0.717, 1.165) is 22.4 Å². The van der Waals surface area contributed by atoms with Crippen molar-refractivity contribution in [2.75, 3.05) is 6.54 Å². The number of benzene rings is 1. The van der Waals surface area contributed by atoms with Crippen molar-refractivity contribution < 1.29 is 0 Å². The molecule has 0 atom stereocenters. The van der Waals surface area contributed by atoms with E-state index in [1.54, 1.807) is 0 Å². The zero-order chi connectivity index (χ0) is 13.6. The van der Waals surface area contributed by atoms with Crippen LogP contribution in [0.1, 0.15) is 45.5 Å². The number of nitrogens with one attached hydrogen (secondary N) is 1. The Morgan fingerprint density at radius 1 is 1.42 bits per heavy atom. The molecule has 0 bridgehead atoms. The summed E-state index contributed by atoms with van der Waals surface area (Å²) in [5.74, 6) is 1.16. The van der Waals surface area contributed by atoms with Crippen LogP contribution >= 0.6 is 15.9 Å². The van der Waals surface area contributed by atoms with E-state index in [1.165, 1.54) is 18.4 Å². The van der Waals surface area contributed by atoms with Crippen LogP contribution in [0.3, 0.4) is 0 Å². The normalized spacial score (nSPS) is 16.2. The second-order valence-corrected chi connectivity index (χ2v) is 6.74. The highest BCUT2D eigenvalue weighted by Crippen LogP contribution is 2.41. The minimum atomic E-state index is -0.0944. The standard InChI is InChI=1S/C15H20BrN3/c1-4-17-15(2,3)14-18-12-9-10(16)5-8-13(12)19(14)11-6-7-11/h5,8-9,11,17H,4,6-7H2,1-3H3. The highest BCUT2D eigenvalue weighted by molar-refractivity contribution is 9.10. The van der Waals surface area contributed by atoms with Crippen molar-refractivity contribution in [1.82, 2.24) is 14.9 Å². The molecule has 0 aliphatic heterocycles. The molecule has 1 saturated carbocycles. The minimum absolute atomic E-state index is 0.0944. The number of imidazole rings is 1. The summed E-state index contributed by atoms with van der Waals surface area (Å²) in [7, 11) is 0. The summed E-state index contributed by atoms with van der Waals surface area (Å²) >= 11 is 3.54. The molecule has 0 radical (unpaired) electrons. The minimum Gasteiger partial charge on any atom is -0.323 e. The molecule has 1 aromatic carbocycles. The number of fused-ring (bicyclic) bond motifs is 1. The van der Waals surface area contributed by atoms with E-state index in [2.05, 4.69) is 64.8 Å². The molecular weight excluding hydrogens is 302 g/mol. The van der Waals surface area contributed by atoms with Gasteiger partial charge in [-0.3, -0.25) is 0 Å². The van der Waals surface area contributed by atoms with Gasteiger partial charge in [0.15, 0.2) is 0 Å². The molecule has 1 aliphatic carbocycles. The molecule has 4 heteroatoms.